The number of aromatic nitrogens is 1. The third kappa shape index (κ3) is 5.59. The fraction of sp³-hybridized carbons (Fsp3) is 0.387. The third-order valence-electron chi connectivity index (χ3n) is 7.81. The Bertz CT molecular complexity index is 1390. The number of primary amides is 1. The van der Waals surface area contributed by atoms with Crippen LogP contribution in [0, 0.1) is 0 Å². The van der Waals surface area contributed by atoms with Crippen LogP contribution in [-0.4, -0.2) is 67.1 Å². The number of anilines is 2. The van der Waals surface area contributed by atoms with Gasteiger partial charge in [0.05, 0.1) is 23.4 Å². The summed E-state index contributed by atoms with van der Waals surface area (Å²) in [4.78, 5) is 37.2. The van der Waals surface area contributed by atoms with E-state index in [0.29, 0.717) is 48.3 Å². The van der Waals surface area contributed by atoms with Gasteiger partial charge in [0.25, 0.3) is 11.8 Å². The average molecular weight is 562 g/mol. The van der Waals surface area contributed by atoms with Crippen molar-refractivity contribution in [3.05, 3.63) is 70.9 Å². The molecule has 0 saturated carbocycles. The zero-order chi connectivity index (χ0) is 28.2. The summed E-state index contributed by atoms with van der Waals surface area (Å²) in [5.41, 5.74) is 10.3. The SMILES string of the molecule is CCOc1ncccc1-c1ccc(N2CCN(C(=O)c3ccc(Cl)cc3N3CCCC3)C[C@H]2CC)c(C(N)=O)c1. The summed E-state index contributed by atoms with van der Waals surface area (Å²) < 4.78 is 5.71. The molecule has 2 aliphatic heterocycles. The fourth-order valence-corrected chi connectivity index (χ4v) is 5.96. The number of halogens is 1. The topological polar surface area (TPSA) is 92.0 Å². The first-order valence-corrected chi connectivity index (χ1v) is 14.4. The number of carbonyl (C=O) groups is 2. The summed E-state index contributed by atoms with van der Waals surface area (Å²) in [6.07, 6.45) is 4.72. The van der Waals surface area contributed by atoms with Gasteiger partial charge < -0.3 is 25.2 Å². The molecule has 2 fully saturated rings. The zero-order valence-electron chi connectivity index (χ0n) is 23.1. The summed E-state index contributed by atoms with van der Waals surface area (Å²) in [7, 11) is 0. The van der Waals surface area contributed by atoms with E-state index in [9.17, 15) is 9.59 Å². The van der Waals surface area contributed by atoms with E-state index < -0.39 is 5.91 Å². The van der Waals surface area contributed by atoms with Crippen LogP contribution in [-0.2, 0) is 0 Å². The highest BCUT2D eigenvalue weighted by molar-refractivity contribution is 6.31. The lowest BCUT2D eigenvalue weighted by atomic mass is 9.99. The Balaban J connectivity index is 1.41. The number of pyridine rings is 1. The third-order valence-corrected chi connectivity index (χ3v) is 8.05. The number of ether oxygens (including phenoxy) is 1. The molecule has 3 aromatic rings. The first kappa shape index (κ1) is 27.8. The second kappa shape index (κ2) is 12.2. The van der Waals surface area contributed by atoms with Gasteiger partial charge in [-0.15, -0.1) is 0 Å². The van der Waals surface area contributed by atoms with Gasteiger partial charge in [-0.3, -0.25) is 9.59 Å². The summed E-state index contributed by atoms with van der Waals surface area (Å²) >= 11 is 6.33. The van der Waals surface area contributed by atoms with Crippen molar-refractivity contribution in [3.8, 4) is 17.0 Å². The molecule has 0 radical (unpaired) electrons. The van der Waals surface area contributed by atoms with Gasteiger partial charge in [-0.25, -0.2) is 4.98 Å². The van der Waals surface area contributed by atoms with Gasteiger partial charge in [-0.1, -0.05) is 24.6 Å². The number of benzene rings is 2. The van der Waals surface area contributed by atoms with E-state index in [0.717, 1.165) is 54.9 Å². The summed E-state index contributed by atoms with van der Waals surface area (Å²) in [6.45, 7) is 8.04. The number of nitrogens with two attached hydrogens (primary N) is 1. The van der Waals surface area contributed by atoms with Crippen molar-refractivity contribution in [1.29, 1.82) is 0 Å². The lowest BCUT2D eigenvalue weighted by molar-refractivity contribution is 0.0720. The van der Waals surface area contributed by atoms with Crippen LogP contribution in [0.1, 0.15) is 53.8 Å². The maximum absolute atomic E-state index is 13.8. The van der Waals surface area contributed by atoms with Gasteiger partial charge >= 0.3 is 0 Å². The highest BCUT2D eigenvalue weighted by Gasteiger charge is 2.32. The molecule has 2 aromatic carbocycles. The van der Waals surface area contributed by atoms with Crippen LogP contribution in [0.2, 0.25) is 5.02 Å². The molecular weight excluding hydrogens is 526 g/mol. The van der Waals surface area contributed by atoms with E-state index in [1.807, 2.05) is 54.3 Å². The van der Waals surface area contributed by atoms with Gasteiger partial charge in [0.2, 0.25) is 5.88 Å². The number of nitrogens with zero attached hydrogens (tertiary/aromatic N) is 4. The molecule has 8 nitrogen and oxygen atoms in total. The number of piperazine rings is 1. The first-order valence-electron chi connectivity index (χ1n) is 14.0. The molecule has 0 aliphatic carbocycles. The highest BCUT2D eigenvalue weighted by atomic mass is 35.5. The lowest BCUT2D eigenvalue weighted by Gasteiger charge is -2.43. The van der Waals surface area contributed by atoms with Crippen LogP contribution < -0.4 is 20.3 Å². The molecule has 0 bridgehead atoms. The molecule has 0 spiro atoms. The van der Waals surface area contributed by atoms with E-state index in [-0.39, 0.29) is 11.9 Å². The molecule has 1 atom stereocenters. The standard InChI is InChI=1S/C31H36ClN5O3/c1-3-23-20-36(31(39)25-11-10-22(32)19-28(25)35-14-5-6-15-35)16-17-37(23)27-12-9-21(18-26(27)29(33)38)24-8-7-13-34-30(24)40-4-2/h7-13,18-19,23H,3-6,14-17,20H2,1-2H3,(H2,33,38)/t23-/m1/s1. The Morgan fingerprint density at radius 2 is 1.80 bits per heavy atom. The molecule has 3 heterocycles. The molecule has 2 N–H and O–H groups in total. The quantitative estimate of drug-likeness (QED) is 0.404. The molecule has 5 rings (SSSR count). The van der Waals surface area contributed by atoms with Crippen LogP contribution in [0.5, 0.6) is 5.88 Å². The van der Waals surface area contributed by atoms with Crippen molar-refractivity contribution >= 4 is 34.8 Å². The monoisotopic (exact) mass is 561 g/mol. The van der Waals surface area contributed by atoms with E-state index in [1.165, 1.54) is 0 Å². The summed E-state index contributed by atoms with van der Waals surface area (Å²) in [5.74, 6) is 0.0351. The molecule has 0 unspecified atom stereocenters. The molecular formula is C31H36ClN5O3. The molecule has 40 heavy (non-hydrogen) atoms. The molecule has 2 saturated heterocycles. The van der Waals surface area contributed by atoms with E-state index in [2.05, 4.69) is 21.7 Å². The van der Waals surface area contributed by atoms with Crippen molar-refractivity contribution < 1.29 is 14.3 Å². The molecule has 1 aromatic heterocycles. The van der Waals surface area contributed by atoms with E-state index in [1.54, 1.807) is 12.3 Å². The smallest absolute Gasteiger partial charge is 0.256 e. The van der Waals surface area contributed by atoms with Crippen molar-refractivity contribution in [2.45, 2.75) is 39.2 Å². The van der Waals surface area contributed by atoms with Crippen LogP contribution in [0.25, 0.3) is 11.1 Å². The Labute approximate surface area is 240 Å². The first-order chi connectivity index (χ1) is 19.4. The van der Waals surface area contributed by atoms with Crippen molar-refractivity contribution in [2.24, 2.45) is 5.73 Å². The predicted octanol–water partition coefficient (Wildman–Crippen LogP) is 5.24. The van der Waals surface area contributed by atoms with E-state index in [4.69, 9.17) is 22.1 Å². The van der Waals surface area contributed by atoms with E-state index >= 15 is 0 Å². The Morgan fingerprint density at radius 3 is 2.52 bits per heavy atom. The maximum Gasteiger partial charge on any atom is 0.256 e. The zero-order valence-corrected chi connectivity index (χ0v) is 23.9. The normalized spacial score (nSPS) is 17.3. The Hall–Kier alpha value is -3.78. The summed E-state index contributed by atoms with van der Waals surface area (Å²) in [5, 5.41) is 0.636. The largest absolute Gasteiger partial charge is 0.478 e. The van der Waals surface area contributed by atoms with Gasteiger partial charge in [0, 0.05) is 61.2 Å². The second-order valence-corrected chi connectivity index (χ2v) is 10.7. The lowest BCUT2D eigenvalue weighted by Crippen LogP contribution is -2.55. The molecule has 2 amide bonds. The number of hydrogen-bond acceptors (Lipinski definition) is 6. The van der Waals surface area contributed by atoms with Crippen LogP contribution in [0.4, 0.5) is 11.4 Å². The van der Waals surface area contributed by atoms with Crippen molar-refractivity contribution in [3.63, 3.8) is 0 Å². The number of hydrogen-bond donors (Lipinski definition) is 1. The van der Waals surface area contributed by atoms with Crippen molar-refractivity contribution in [1.82, 2.24) is 9.88 Å². The minimum atomic E-state index is -0.497. The van der Waals surface area contributed by atoms with Crippen molar-refractivity contribution in [2.75, 3.05) is 49.1 Å². The second-order valence-electron chi connectivity index (χ2n) is 10.2. The number of rotatable bonds is 8. The minimum Gasteiger partial charge on any atom is -0.478 e. The van der Waals surface area contributed by atoms with Crippen LogP contribution in [0.15, 0.2) is 54.7 Å². The van der Waals surface area contributed by atoms with Gasteiger partial charge in [0.15, 0.2) is 0 Å². The molecule has 210 valence electrons. The van der Waals surface area contributed by atoms with Gasteiger partial charge in [0.1, 0.15) is 0 Å². The average Bonchev–Trinajstić information content (AvgIpc) is 3.52. The predicted molar refractivity (Wildman–Crippen MR) is 160 cm³/mol. The molecule has 9 heteroatoms. The van der Waals surface area contributed by atoms with Crippen LogP contribution in [0.3, 0.4) is 0 Å². The summed E-state index contributed by atoms with van der Waals surface area (Å²) in [6, 6.07) is 15.1. The van der Waals surface area contributed by atoms with Gasteiger partial charge in [-0.05, 0) is 74.2 Å². The Kier molecular flexibility index (Phi) is 8.45. The fourth-order valence-electron chi connectivity index (χ4n) is 5.80. The number of carbonyl (C=O) groups excluding carboxylic acids is 2. The maximum atomic E-state index is 13.8. The molecule has 2 aliphatic rings. The number of amides is 2. The van der Waals surface area contributed by atoms with Gasteiger partial charge in [-0.2, -0.15) is 0 Å². The Morgan fingerprint density at radius 1 is 1.00 bits per heavy atom. The minimum absolute atomic E-state index is 0.0159. The highest BCUT2D eigenvalue weighted by Crippen LogP contribution is 2.35. The van der Waals surface area contributed by atoms with Crippen LogP contribution >= 0.6 is 11.6 Å².